The van der Waals surface area contributed by atoms with Crippen LogP contribution in [0.4, 0.5) is 0 Å². The van der Waals surface area contributed by atoms with E-state index < -0.39 is 0 Å². The molecule has 0 saturated heterocycles. The summed E-state index contributed by atoms with van der Waals surface area (Å²) in [5.41, 5.74) is 1.29. The number of furan rings is 1. The lowest BCUT2D eigenvalue weighted by molar-refractivity contribution is 0.255. The molecule has 0 aliphatic rings. The number of hydrogen-bond donors (Lipinski definition) is 1. The van der Waals surface area contributed by atoms with E-state index in [2.05, 4.69) is 37.1 Å². The van der Waals surface area contributed by atoms with Gasteiger partial charge in [0.2, 0.25) is 0 Å². The average Bonchev–Trinajstić information content (AvgIpc) is 2.73. The Balaban J connectivity index is 2.54. The number of rotatable bonds is 8. The number of hydrogen-bond acceptors (Lipinski definition) is 3. The van der Waals surface area contributed by atoms with Crippen molar-refractivity contribution in [2.24, 2.45) is 0 Å². The summed E-state index contributed by atoms with van der Waals surface area (Å²) < 4.78 is 5.56. The summed E-state index contributed by atoms with van der Waals surface area (Å²) in [6.45, 7) is 11.6. The molecule has 0 spiro atoms. The number of nitrogens with one attached hydrogen (secondary N) is 1. The molecular formula is C13H24N2O. The van der Waals surface area contributed by atoms with Crippen LogP contribution in [0.3, 0.4) is 0 Å². The maximum absolute atomic E-state index is 5.56. The van der Waals surface area contributed by atoms with Crippen molar-refractivity contribution in [3.8, 4) is 0 Å². The third-order valence-corrected chi connectivity index (χ3v) is 2.76. The van der Waals surface area contributed by atoms with Crippen molar-refractivity contribution in [2.75, 3.05) is 19.6 Å². The molecule has 0 bridgehead atoms. The molecule has 0 atom stereocenters. The summed E-state index contributed by atoms with van der Waals surface area (Å²) in [5.74, 6) is 1.11. The monoisotopic (exact) mass is 224 g/mol. The third-order valence-electron chi connectivity index (χ3n) is 2.76. The van der Waals surface area contributed by atoms with Gasteiger partial charge in [0.25, 0.3) is 0 Å². The van der Waals surface area contributed by atoms with Crippen molar-refractivity contribution in [3.05, 3.63) is 23.7 Å². The fourth-order valence-electron chi connectivity index (χ4n) is 1.79. The van der Waals surface area contributed by atoms with Gasteiger partial charge in [-0.3, -0.25) is 4.90 Å². The molecule has 92 valence electrons. The molecule has 0 aliphatic heterocycles. The molecule has 0 unspecified atom stereocenters. The van der Waals surface area contributed by atoms with Gasteiger partial charge in [-0.2, -0.15) is 0 Å². The lowest BCUT2D eigenvalue weighted by atomic mass is 10.2. The lowest BCUT2D eigenvalue weighted by Gasteiger charge is -2.18. The zero-order valence-electron chi connectivity index (χ0n) is 10.8. The first-order valence-corrected chi connectivity index (χ1v) is 6.30. The summed E-state index contributed by atoms with van der Waals surface area (Å²) in [4.78, 5) is 2.41. The molecule has 0 saturated carbocycles. The first-order chi connectivity index (χ1) is 7.81. The van der Waals surface area contributed by atoms with Crippen LogP contribution in [-0.4, -0.2) is 24.5 Å². The normalized spacial score (nSPS) is 11.2. The zero-order chi connectivity index (χ0) is 11.8. The predicted molar refractivity (Wildman–Crippen MR) is 67.3 cm³/mol. The van der Waals surface area contributed by atoms with Crippen LogP contribution in [0.1, 0.15) is 38.5 Å². The van der Waals surface area contributed by atoms with Crippen molar-refractivity contribution in [3.63, 3.8) is 0 Å². The molecular weight excluding hydrogens is 200 g/mol. The van der Waals surface area contributed by atoms with Crippen LogP contribution >= 0.6 is 0 Å². The van der Waals surface area contributed by atoms with Gasteiger partial charge in [0, 0.05) is 12.1 Å². The van der Waals surface area contributed by atoms with Gasteiger partial charge >= 0.3 is 0 Å². The van der Waals surface area contributed by atoms with Gasteiger partial charge < -0.3 is 9.73 Å². The van der Waals surface area contributed by atoms with Crippen molar-refractivity contribution in [1.82, 2.24) is 10.2 Å². The van der Waals surface area contributed by atoms with E-state index in [0.717, 1.165) is 38.5 Å². The van der Waals surface area contributed by atoms with Crippen LogP contribution in [0.25, 0.3) is 0 Å². The van der Waals surface area contributed by atoms with Crippen LogP contribution in [0.5, 0.6) is 0 Å². The molecule has 3 nitrogen and oxygen atoms in total. The highest BCUT2D eigenvalue weighted by molar-refractivity contribution is 5.16. The molecule has 0 radical (unpaired) electrons. The smallest absolute Gasteiger partial charge is 0.122 e. The zero-order valence-corrected chi connectivity index (χ0v) is 10.8. The standard InChI is InChI=1S/C13H24N2O/c1-4-8-15(6-3)11-13-12(7-9-16-13)10-14-5-2/h7,9,14H,4-6,8,10-11H2,1-3H3. The first kappa shape index (κ1) is 13.3. The van der Waals surface area contributed by atoms with Crippen LogP contribution in [0, 0.1) is 0 Å². The summed E-state index contributed by atoms with van der Waals surface area (Å²) in [7, 11) is 0. The van der Waals surface area contributed by atoms with Gasteiger partial charge in [-0.25, -0.2) is 0 Å². The van der Waals surface area contributed by atoms with Crippen molar-refractivity contribution in [2.45, 2.75) is 40.3 Å². The second kappa shape index (κ2) is 7.47. The summed E-state index contributed by atoms with van der Waals surface area (Å²) >= 11 is 0. The van der Waals surface area contributed by atoms with E-state index in [4.69, 9.17) is 4.42 Å². The van der Waals surface area contributed by atoms with E-state index in [0.29, 0.717) is 0 Å². The molecule has 1 aromatic heterocycles. The van der Waals surface area contributed by atoms with E-state index in [9.17, 15) is 0 Å². The summed E-state index contributed by atoms with van der Waals surface area (Å²) in [5, 5.41) is 3.34. The minimum absolute atomic E-state index is 0.909. The fraction of sp³-hybridized carbons (Fsp3) is 0.692. The second-order valence-corrected chi connectivity index (χ2v) is 4.02. The average molecular weight is 224 g/mol. The topological polar surface area (TPSA) is 28.4 Å². The van der Waals surface area contributed by atoms with Crippen LogP contribution in [0.15, 0.2) is 16.7 Å². The minimum Gasteiger partial charge on any atom is -0.468 e. The van der Waals surface area contributed by atoms with E-state index in [1.807, 2.05) is 0 Å². The van der Waals surface area contributed by atoms with E-state index in [-0.39, 0.29) is 0 Å². The molecule has 3 heteroatoms. The van der Waals surface area contributed by atoms with Gasteiger partial charge in [-0.1, -0.05) is 20.8 Å². The van der Waals surface area contributed by atoms with E-state index in [1.165, 1.54) is 12.0 Å². The molecule has 0 fully saturated rings. The van der Waals surface area contributed by atoms with Gasteiger partial charge in [0.05, 0.1) is 12.8 Å². The van der Waals surface area contributed by atoms with Gasteiger partial charge in [0.1, 0.15) is 5.76 Å². The van der Waals surface area contributed by atoms with Crippen molar-refractivity contribution >= 4 is 0 Å². The van der Waals surface area contributed by atoms with Crippen LogP contribution in [0.2, 0.25) is 0 Å². The summed E-state index contributed by atoms with van der Waals surface area (Å²) in [6.07, 6.45) is 2.99. The minimum atomic E-state index is 0.909. The Morgan fingerprint density at radius 2 is 2.12 bits per heavy atom. The highest BCUT2D eigenvalue weighted by Crippen LogP contribution is 2.13. The van der Waals surface area contributed by atoms with E-state index in [1.54, 1.807) is 6.26 Å². The van der Waals surface area contributed by atoms with Gasteiger partial charge in [-0.15, -0.1) is 0 Å². The SMILES string of the molecule is CCCN(CC)Cc1occc1CNCC. The van der Waals surface area contributed by atoms with Crippen molar-refractivity contribution < 1.29 is 4.42 Å². The molecule has 0 amide bonds. The molecule has 16 heavy (non-hydrogen) atoms. The Hall–Kier alpha value is -0.800. The molecule has 1 N–H and O–H groups in total. The summed E-state index contributed by atoms with van der Waals surface area (Å²) in [6, 6.07) is 2.07. The second-order valence-electron chi connectivity index (χ2n) is 4.02. The van der Waals surface area contributed by atoms with E-state index >= 15 is 0 Å². The first-order valence-electron chi connectivity index (χ1n) is 6.30. The molecule has 1 rings (SSSR count). The highest BCUT2D eigenvalue weighted by Gasteiger charge is 2.09. The Bertz CT molecular complexity index is 283. The fourth-order valence-corrected chi connectivity index (χ4v) is 1.79. The molecule has 0 aliphatic carbocycles. The lowest BCUT2D eigenvalue weighted by Crippen LogP contribution is -2.24. The third kappa shape index (κ3) is 3.99. The Kier molecular flexibility index (Phi) is 6.19. The number of nitrogens with zero attached hydrogens (tertiary/aromatic N) is 1. The Morgan fingerprint density at radius 1 is 1.31 bits per heavy atom. The molecule has 1 aromatic rings. The highest BCUT2D eigenvalue weighted by atomic mass is 16.3. The van der Waals surface area contributed by atoms with Crippen LogP contribution in [-0.2, 0) is 13.1 Å². The van der Waals surface area contributed by atoms with Gasteiger partial charge in [0.15, 0.2) is 0 Å². The molecule has 0 aromatic carbocycles. The Morgan fingerprint density at radius 3 is 2.75 bits per heavy atom. The largest absolute Gasteiger partial charge is 0.468 e. The predicted octanol–water partition coefficient (Wildman–Crippen LogP) is 2.62. The van der Waals surface area contributed by atoms with Crippen LogP contribution < -0.4 is 5.32 Å². The van der Waals surface area contributed by atoms with Crippen molar-refractivity contribution in [1.29, 1.82) is 0 Å². The Labute approximate surface area is 98.8 Å². The maximum atomic E-state index is 5.56. The maximum Gasteiger partial charge on any atom is 0.122 e. The molecule has 1 heterocycles. The van der Waals surface area contributed by atoms with Gasteiger partial charge in [-0.05, 0) is 32.1 Å². The quantitative estimate of drug-likeness (QED) is 0.736.